The number of amides is 2. The van der Waals surface area contributed by atoms with E-state index < -0.39 is 29.2 Å². The first kappa shape index (κ1) is 12.7. The Balaban J connectivity index is 2.00. The molecule has 0 radical (unpaired) electrons. The van der Waals surface area contributed by atoms with E-state index in [1.54, 1.807) is 0 Å². The van der Waals surface area contributed by atoms with E-state index in [1.165, 1.54) is 0 Å². The number of anilines is 1. The van der Waals surface area contributed by atoms with E-state index in [9.17, 15) is 18.0 Å². The average Bonchev–Trinajstić information content (AvgIpc) is 2.78. The molecule has 0 spiro atoms. The van der Waals surface area contributed by atoms with Crippen molar-refractivity contribution in [3.8, 4) is 0 Å². The van der Waals surface area contributed by atoms with Crippen LogP contribution in [-0.2, 0) is 0 Å². The summed E-state index contributed by atoms with van der Waals surface area (Å²) in [7, 11) is 0. The Morgan fingerprint density at radius 1 is 1.11 bits per heavy atom. The van der Waals surface area contributed by atoms with E-state index in [2.05, 4.69) is 21.5 Å². The molecule has 1 saturated heterocycles. The van der Waals surface area contributed by atoms with Crippen molar-refractivity contribution in [1.82, 2.24) is 16.2 Å². The maximum atomic E-state index is 13.2. The van der Waals surface area contributed by atoms with E-state index >= 15 is 0 Å². The smallest absolute Gasteiger partial charge is 0.319 e. The molecule has 8 heteroatoms. The molecule has 1 heterocycles. The fourth-order valence-electron chi connectivity index (χ4n) is 1.53. The molecule has 18 heavy (non-hydrogen) atoms. The molecule has 1 aliphatic heterocycles. The van der Waals surface area contributed by atoms with Crippen LogP contribution in [0.3, 0.4) is 0 Å². The molecule has 2 amide bonds. The Morgan fingerprint density at radius 2 is 1.72 bits per heavy atom. The van der Waals surface area contributed by atoms with Gasteiger partial charge >= 0.3 is 6.03 Å². The van der Waals surface area contributed by atoms with Gasteiger partial charge in [-0.05, 0) is 0 Å². The number of hydrogen-bond acceptors (Lipinski definition) is 3. The van der Waals surface area contributed by atoms with E-state index in [0.29, 0.717) is 25.2 Å². The Labute approximate surface area is 101 Å². The summed E-state index contributed by atoms with van der Waals surface area (Å²) in [6, 6.07) is 0.132. The minimum absolute atomic E-state index is 0.154. The van der Waals surface area contributed by atoms with Gasteiger partial charge in [-0.15, -0.1) is 0 Å². The zero-order valence-electron chi connectivity index (χ0n) is 9.19. The minimum atomic E-state index is -1.30. The molecule has 0 saturated carbocycles. The fourth-order valence-corrected chi connectivity index (χ4v) is 1.53. The Bertz CT molecular complexity index is 463. The molecule has 1 aliphatic rings. The van der Waals surface area contributed by atoms with E-state index in [0.717, 1.165) is 0 Å². The monoisotopic (exact) mass is 260 g/mol. The Hall–Kier alpha value is -1.80. The van der Waals surface area contributed by atoms with Gasteiger partial charge in [0.05, 0.1) is 11.7 Å². The topological polar surface area (TPSA) is 65.2 Å². The van der Waals surface area contributed by atoms with Gasteiger partial charge in [-0.2, -0.15) is 0 Å². The van der Waals surface area contributed by atoms with Crippen molar-refractivity contribution in [1.29, 1.82) is 0 Å². The second-order valence-electron chi connectivity index (χ2n) is 3.80. The van der Waals surface area contributed by atoms with Gasteiger partial charge in [0.2, 0.25) is 0 Å². The lowest BCUT2D eigenvalue weighted by molar-refractivity contribution is 0.249. The molecule has 5 nitrogen and oxygen atoms in total. The van der Waals surface area contributed by atoms with Crippen LogP contribution in [0.1, 0.15) is 0 Å². The van der Waals surface area contributed by atoms with Gasteiger partial charge in [0.25, 0.3) is 0 Å². The van der Waals surface area contributed by atoms with Gasteiger partial charge in [0, 0.05) is 25.2 Å². The second-order valence-corrected chi connectivity index (χ2v) is 3.80. The first-order valence-electron chi connectivity index (χ1n) is 5.24. The summed E-state index contributed by atoms with van der Waals surface area (Å²) in [6.07, 6.45) is 0. The minimum Gasteiger partial charge on any atom is -0.332 e. The van der Waals surface area contributed by atoms with Gasteiger partial charge in [-0.3, -0.25) is 10.9 Å². The molecule has 2 rings (SSSR count). The van der Waals surface area contributed by atoms with Crippen molar-refractivity contribution in [3.05, 3.63) is 29.6 Å². The standard InChI is InChI=1S/C10H11F3N4O/c11-6-1-8(13)9(2-7(6)12)17-10(18)16-5-3-14-15-4-5/h1-2,5,14-15H,3-4H2,(H2,16,17,18). The molecule has 0 aromatic heterocycles. The summed E-state index contributed by atoms with van der Waals surface area (Å²) >= 11 is 0. The number of carbonyl (C=O) groups is 1. The van der Waals surface area contributed by atoms with Crippen molar-refractivity contribution < 1.29 is 18.0 Å². The van der Waals surface area contributed by atoms with Gasteiger partial charge < -0.3 is 10.6 Å². The second kappa shape index (κ2) is 5.23. The summed E-state index contributed by atoms with van der Waals surface area (Å²) in [4.78, 5) is 11.5. The largest absolute Gasteiger partial charge is 0.332 e. The maximum absolute atomic E-state index is 13.2. The highest BCUT2D eigenvalue weighted by Gasteiger charge is 2.18. The van der Waals surface area contributed by atoms with Gasteiger partial charge in [-0.1, -0.05) is 0 Å². The summed E-state index contributed by atoms with van der Waals surface area (Å²) < 4.78 is 38.8. The van der Waals surface area contributed by atoms with Crippen LogP contribution in [0.15, 0.2) is 12.1 Å². The first-order valence-corrected chi connectivity index (χ1v) is 5.24. The van der Waals surface area contributed by atoms with E-state index in [-0.39, 0.29) is 6.04 Å². The van der Waals surface area contributed by atoms with Crippen LogP contribution in [0.5, 0.6) is 0 Å². The highest BCUT2D eigenvalue weighted by Crippen LogP contribution is 2.18. The summed E-state index contributed by atoms with van der Waals surface area (Å²) in [5.41, 5.74) is 5.17. The number of benzene rings is 1. The quantitative estimate of drug-likeness (QED) is 0.592. The average molecular weight is 260 g/mol. The molecule has 0 aliphatic carbocycles. The molecule has 0 atom stereocenters. The molecule has 4 N–H and O–H groups in total. The van der Waals surface area contributed by atoms with Crippen LogP contribution in [-0.4, -0.2) is 25.2 Å². The summed E-state index contributed by atoms with van der Waals surface area (Å²) in [5, 5.41) is 4.65. The number of hydrazine groups is 1. The molecule has 0 unspecified atom stereocenters. The third-order valence-corrected chi connectivity index (χ3v) is 2.42. The van der Waals surface area contributed by atoms with Crippen LogP contribution in [0, 0.1) is 17.5 Å². The molecule has 1 aromatic rings. The Kier molecular flexibility index (Phi) is 3.68. The van der Waals surface area contributed by atoms with Crippen LogP contribution >= 0.6 is 0 Å². The molecular weight excluding hydrogens is 249 g/mol. The zero-order valence-corrected chi connectivity index (χ0v) is 9.19. The lowest BCUT2D eigenvalue weighted by Gasteiger charge is -2.12. The van der Waals surface area contributed by atoms with E-state index in [1.807, 2.05) is 0 Å². The third kappa shape index (κ3) is 2.90. The third-order valence-electron chi connectivity index (χ3n) is 2.42. The predicted molar refractivity (Wildman–Crippen MR) is 58.3 cm³/mol. The number of nitrogens with one attached hydrogen (secondary N) is 4. The molecular formula is C10H11F3N4O. The normalized spacial score (nSPS) is 15.7. The van der Waals surface area contributed by atoms with Crippen LogP contribution in [0.25, 0.3) is 0 Å². The molecule has 1 aromatic carbocycles. The Morgan fingerprint density at radius 3 is 2.39 bits per heavy atom. The van der Waals surface area contributed by atoms with Crippen LogP contribution < -0.4 is 21.5 Å². The van der Waals surface area contributed by atoms with Crippen molar-refractivity contribution in [3.63, 3.8) is 0 Å². The predicted octanol–water partition coefficient (Wildman–Crippen LogP) is 0.702. The summed E-state index contributed by atoms with van der Waals surface area (Å²) in [5.74, 6) is -3.56. The molecule has 1 fully saturated rings. The highest BCUT2D eigenvalue weighted by atomic mass is 19.2. The van der Waals surface area contributed by atoms with Crippen molar-refractivity contribution >= 4 is 11.7 Å². The lowest BCUT2D eigenvalue weighted by Crippen LogP contribution is -2.41. The number of rotatable bonds is 2. The van der Waals surface area contributed by atoms with Crippen molar-refractivity contribution in [2.24, 2.45) is 0 Å². The van der Waals surface area contributed by atoms with Crippen LogP contribution in [0.2, 0.25) is 0 Å². The zero-order chi connectivity index (χ0) is 13.1. The van der Waals surface area contributed by atoms with Gasteiger partial charge in [-0.25, -0.2) is 18.0 Å². The fraction of sp³-hybridized carbons (Fsp3) is 0.300. The number of halogens is 3. The number of hydrogen-bond donors (Lipinski definition) is 4. The van der Waals surface area contributed by atoms with Crippen molar-refractivity contribution in [2.75, 3.05) is 18.4 Å². The van der Waals surface area contributed by atoms with Crippen molar-refractivity contribution in [2.45, 2.75) is 6.04 Å². The van der Waals surface area contributed by atoms with Gasteiger partial charge in [0.1, 0.15) is 5.82 Å². The number of carbonyl (C=O) groups excluding carboxylic acids is 1. The SMILES string of the molecule is O=C(Nc1cc(F)c(F)cc1F)NC1CNNC1. The van der Waals surface area contributed by atoms with Gasteiger partial charge in [0.15, 0.2) is 11.6 Å². The first-order chi connectivity index (χ1) is 8.56. The maximum Gasteiger partial charge on any atom is 0.319 e. The number of urea groups is 1. The van der Waals surface area contributed by atoms with Crippen LogP contribution in [0.4, 0.5) is 23.7 Å². The molecule has 0 bridgehead atoms. The summed E-state index contributed by atoms with van der Waals surface area (Å²) in [6.45, 7) is 1.04. The van der Waals surface area contributed by atoms with E-state index in [4.69, 9.17) is 0 Å². The molecule has 98 valence electrons. The highest BCUT2D eigenvalue weighted by molar-refractivity contribution is 5.89. The lowest BCUT2D eigenvalue weighted by atomic mass is 10.3.